The second kappa shape index (κ2) is 5.14. The van der Waals surface area contributed by atoms with E-state index in [1.165, 1.54) is 0 Å². The minimum Gasteiger partial charge on any atom is -0.303 e. The number of carbonyl (C=O) groups excluding carboxylic acids is 2. The Labute approximate surface area is 127 Å². The molecule has 0 aromatic carbocycles. The lowest BCUT2D eigenvalue weighted by molar-refractivity contribution is -0.115. The molecule has 0 saturated carbocycles. The Morgan fingerprint density at radius 1 is 1.14 bits per heavy atom. The van der Waals surface area contributed by atoms with Crippen LogP contribution in [0.5, 0.6) is 0 Å². The first kappa shape index (κ1) is 14.1. The van der Waals surface area contributed by atoms with Crippen LogP contribution >= 0.6 is 0 Å². The van der Waals surface area contributed by atoms with Crippen molar-refractivity contribution in [2.75, 3.05) is 0 Å². The highest BCUT2D eigenvalue weighted by Crippen LogP contribution is 2.22. The smallest absolute Gasteiger partial charge is 0.303 e. The van der Waals surface area contributed by atoms with E-state index in [0.29, 0.717) is 0 Å². The fourth-order valence-electron chi connectivity index (χ4n) is 2.52. The number of amides is 3. The standard InChI is InChI=1S/C16H16N4O2/c1-9-4-5-14(17-8-9)20-10(2)6-12(11(20)3)7-13-15(21)19-16(22)18-13/h4-8H,1-3H3,(H2,18,19,21,22). The zero-order valence-corrected chi connectivity index (χ0v) is 12.6. The third-order valence-electron chi connectivity index (χ3n) is 3.61. The van der Waals surface area contributed by atoms with Gasteiger partial charge in [-0.1, -0.05) is 6.07 Å². The van der Waals surface area contributed by atoms with Gasteiger partial charge in [-0.15, -0.1) is 0 Å². The number of carbonyl (C=O) groups is 2. The summed E-state index contributed by atoms with van der Waals surface area (Å²) >= 11 is 0. The van der Waals surface area contributed by atoms with E-state index in [2.05, 4.69) is 15.6 Å². The maximum absolute atomic E-state index is 11.6. The van der Waals surface area contributed by atoms with Gasteiger partial charge in [-0.05, 0) is 50.1 Å². The number of urea groups is 1. The van der Waals surface area contributed by atoms with Crippen LogP contribution in [0.25, 0.3) is 11.9 Å². The van der Waals surface area contributed by atoms with Gasteiger partial charge in [0, 0.05) is 17.6 Å². The lowest BCUT2D eigenvalue weighted by Crippen LogP contribution is -2.22. The minimum absolute atomic E-state index is 0.252. The summed E-state index contributed by atoms with van der Waals surface area (Å²) in [5.74, 6) is 0.411. The van der Waals surface area contributed by atoms with E-state index in [-0.39, 0.29) is 5.70 Å². The van der Waals surface area contributed by atoms with Crippen molar-refractivity contribution in [2.45, 2.75) is 20.8 Å². The van der Waals surface area contributed by atoms with Crippen LogP contribution in [0.15, 0.2) is 30.1 Å². The second-order valence-corrected chi connectivity index (χ2v) is 5.32. The Balaban J connectivity index is 2.04. The molecule has 2 aromatic rings. The lowest BCUT2D eigenvalue weighted by atomic mass is 10.2. The van der Waals surface area contributed by atoms with Crippen molar-refractivity contribution >= 4 is 18.0 Å². The molecule has 0 bridgehead atoms. The van der Waals surface area contributed by atoms with Crippen LogP contribution in [0.4, 0.5) is 4.79 Å². The van der Waals surface area contributed by atoms with Crippen LogP contribution < -0.4 is 10.6 Å². The van der Waals surface area contributed by atoms with E-state index in [4.69, 9.17) is 0 Å². The molecule has 0 unspecified atom stereocenters. The summed E-state index contributed by atoms with van der Waals surface area (Å²) in [6.07, 6.45) is 3.49. The average molecular weight is 296 g/mol. The van der Waals surface area contributed by atoms with E-state index in [0.717, 1.165) is 28.3 Å². The van der Waals surface area contributed by atoms with Crippen LogP contribution in [0.3, 0.4) is 0 Å². The molecule has 1 fully saturated rings. The summed E-state index contributed by atoms with van der Waals surface area (Å²) in [6, 6.07) is 5.42. The van der Waals surface area contributed by atoms with Crippen molar-refractivity contribution in [3.8, 4) is 5.82 Å². The first-order chi connectivity index (χ1) is 10.5. The predicted octanol–water partition coefficient (Wildman–Crippen LogP) is 1.98. The van der Waals surface area contributed by atoms with Crippen LogP contribution in [0.1, 0.15) is 22.5 Å². The first-order valence-corrected chi connectivity index (χ1v) is 6.91. The number of hydrogen-bond donors (Lipinski definition) is 2. The maximum Gasteiger partial charge on any atom is 0.326 e. The molecule has 0 radical (unpaired) electrons. The van der Waals surface area contributed by atoms with Gasteiger partial charge in [0.05, 0.1) is 0 Å². The number of rotatable bonds is 2. The summed E-state index contributed by atoms with van der Waals surface area (Å²) < 4.78 is 2.01. The first-order valence-electron chi connectivity index (χ1n) is 6.91. The van der Waals surface area contributed by atoms with Gasteiger partial charge in [0.2, 0.25) is 0 Å². The molecule has 3 heterocycles. The van der Waals surface area contributed by atoms with E-state index < -0.39 is 11.9 Å². The number of imide groups is 1. The van der Waals surface area contributed by atoms with Crippen LogP contribution in [0, 0.1) is 20.8 Å². The topological polar surface area (TPSA) is 76.0 Å². The maximum atomic E-state index is 11.6. The van der Waals surface area contributed by atoms with Crippen molar-refractivity contribution < 1.29 is 9.59 Å². The number of aryl methyl sites for hydroxylation is 2. The van der Waals surface area contributed by atoms with Gasteiger partial charge in [-0.25, -0.2) is 9.78 Å². The van der Waals surface area contributed by atoms with Gasteiger partial charge < -0.3 is 9.88 Å². The van der Waals surface area contributed by atoms with E-state index in [9.17, 15) is 9.59 Å². The number of hydrogen-bond acceptors (Lipinski definition) is 3. The fourth-order valence-corrected chi connectivity index (χ4v) is 2.52. The molecule has 22 heavy (non-hydrogen) atoms. The Morgan fingerprint density at radius 3 is 2.50 bits per heavy atom. The monoisotopic (exact) mass is 296 g/mol. The van der Waals surface area contributed by atoms with Crippen molar-refractivity contribution in [1.29, 1.82) is 0 Å². The zero-order valence-electron chi connectivity index (χ0n) is 12.6. The Morgan fingerprint density at radius 2 is 1.91 bits per heavy atom. The second-order valence-electron chi connectivity index (χ2n) is 5.32. The van der Waals surface area contributed by atoms with Gasteiger partial charge in [0.25, 0.3) is 5.91 Å². The normalized spacial score (nSPS) is 16.0. The molecule has 112 valence electrons. The molecule has 0 spiro atoms. The quantitative estimate of drug-likeness (QED) is 0.657. The molecule has 3 amide bonds. The number of nitrogens with one attached hydrogen (secondary N) is 2. The van der Waals surface area contributed by atoms with Crippen molar-refractivity contribution in [3.05, 3.63) is 52.6 Å². The molecule has 1 aliphatic rings. The molecule has 6 heteroatoms. The third kappa shape index (κ3) is 2.39. The Kier molecular flexibility index (Phi) is 3.29. The molecule has 1 saturated heterocycles. The fraction of sp³-hybridized carbons (Fsp3) is 0.188. The molecule has 0 aliphatic carbocycles. The molecule has 0 atom stereocenters. The highest BCUT2D eigenvalue weighted by atomic mass is 16.2. The molecular weight excluding hydrogens is 280 g/mol. The van der Waals surface area contributed by atoms with Gasteiger partial charge in [0.15, 0.2) is 0 Å². The molecule has 2 N–H and O–H groups in total. The molecular formula is C16H16N4O2. The number of aromatic nitrogens is 2. The van der Waals surface area contributed by atoms with Gasteiger partial charge in [-0.2, -0.15) is 0 Å². The lowest BCUT2D eigenvalue weighted by Gasteiger charge is -2.08. The van der Waals surface area contributed by atoms with Crippen molar-refractivity contribution in [2.24, 2.45) is 0 Å². The predicted molar refractivity (Wildman–Crippen MR) is 82.4 cm³/mol. The van der Waals surface area contributed by atoms with Crippen molar-refractivity contribution in [1.82, 2.24) is 20.2 Å². The summed E-state index contributed by atoms with van der Waals surface area (Å²) in [5, 5.41) is 4.68. The summed E-state index contributed by atoms with van der Waals surface area (Å²) in [7, 11) is 0. The number of nitrogens with zero attached hydrogens (tertiary/aromatic N) is 2. The summed E-state index contributed by atoms with van der Waals surface area (Å²) in [4.78, 5) is 27.2. The van der Waals surface area contributed by atoms with Crippen LogP contribution in [0.2, 0.25) is 0 Å². The van der Waals surface area contributed by atoms with E-state index in [1.54, 1.807) is 6.08 Å². The zero-order chi connectivity index (χ0) is 15.9. The van der Waals surface area contributed by atoms with Crippen LogP contribution in [-0.4, -0.2) is 21.5 Å². The molecule has 2 aromatic heterocycles. The Hall–Kier alpha value is -2.89. The Bertz CT molecular complexity index is 800. The van der Waals surface area contributed by atoms with Gasteiger partial charge in [-0.3, -0.25) is 10.1 Å². The molecule has 1 aliphatic heterocycles. The van der Waals surface area contributed by atoms with E-state index in [1.807, 2.05) is 49.7 Å². The third-order valence-corrected chi connectivity index (χ3v) is 3.61. The SMILES string of the molecule is Cc1ccc(-n2c(C)cc(C=C3NC(=O)NC3=O)c2C)nc1. The van der Waals surface area contributed by atoms with Gasteiger partial charge in [0.1, 0.15) is 11.5 Å². The number of pyridine rings is 1. The van der Waals surface area contributed by atoms with Crippen LogP contribution in [-0.2, 0) is 4.79 Å². The van der Waals surface area contributed by atoms with Gasteiger partial charge >= 0.3 is 6.03 Å². The molecule has 6 nitrogen and oxygen atoms in total. The highest BCUT2D eigenvalue weighted by molar-refractivity contribution is 6.14. The van der Waals surface area contributed by atoms with Crippen molar-refractivity contribution in [3.63, 3.8) is 0 Å². The largest absolute Gasteiger partial charge is 0.326 e. The average Bonchev–Trinajstić information content (AvgIpc) is 2.92. The molecule has 3 rings (SSSR count). The summed E-state index contributed by atoms with van der Waals surface area (Å²) in [5.41, 5.74) is 4.17. The minimum atomic E-state index is -0.495. The summed E-state index contributed by atoms with van der Waals surface area (Å²) in [6.45, 7) is 5.92. The van der Waals surface area contributed by atoms with E-state index >= 15 is 0 Å². The highest BCUT2D eigenvalue weighted by Gasteiger charge is 2.23.